The molecule has 2 N–H and O–H groups in total. The second kappa shape index (κ2) is 6.00. The van der Waals surface area contributed by atoms with Crippen LogP contribution in [0.4, 0.5) is 0 Å². The lowest BCUT2D eigenvalue weighted by molar-refractivity contribution is 0.988. The summed E-state index contributed by atoms with van der Waals surface area (Å²) >= 11 is 8.79. The predicted molar refractivity (Wildman–Crippen MR) is 67.3 cm³/mol. The molecule has 0 saturated carbocycles. The summed E-state index contributed by atoms with van der Waals surface area (Å²) in [6.07, 6.45) is 0. The van der Waals surface area contributed by atoms with E-state index in [-0.39, 0.29) is 0 Å². The first kappa shape index (κ1) is 12.4. The fourth-order valence-electron chi connectivity index (χ4n) is 1.14. The zero-order valence-corrected chi connectivity index (χ0v) is 10.6. The molecule has 0 aliphatic carbocycles. The van der Waals surface area contributed by atoms with Gasteiger partial charge in [-0.15, -0.1) is 0 Å². The minimum Gasteiger partial charge on any atom is -0.325 e. The summed E-state index contributed by atoms with van der Waals surface area (Å²) < 4.78 is 0. The maximum Gasteiger partial charge on any atom is 0.152 e. The van der Waals surface area contributed by atoms with Crippen molar-refractivity contribution in [3.8, 4) is 0 Å². The van der Waals surface area contributed by atoms with E-state index in [0.717, 1.165) is 11.0 Å². The Hall–Kier alpha value is -0.710. The van der Waals surface area contributed by atoms with Crippen LogP contribution in [0.25, 0.3) is 11.0 Å². The Morgan fingerprint density at radius 1 is 1.20 bits per heavy atom. The van der Waals surface area contributed by atoms with E-state index in [1.165, 1.54) is 0 Å². The summed E-state index contributed by atoms with van der Waals surface area (Å²) in [5, 5.41) is 0.390. The van der Waals surface area contributed by atoms with Gasteiger partial charge in [-0.1, -0.05) is 39.7 Å². The summed E-state index contributed by atoms with van der Waals surface area (Å²) in [4.78, 5) is 8.44. The third kappa shape index (κ3) is 2.87. The van der Waals surface area contributed by atoms with Gasteiger partial charge >= 0.3 is 0 Å². The number of halogens is 2. The first-order chi connectivity index (χ1) is 7.31. The molecule has 1 aromatic carbocycles. The Morgan fingerprint density at radius 3 is 2.27 bits per heavy atom. The summed E-state index contributed by atoms with van der Waals surface area (Å²) in [5.41, 5.74) is 7.72. The highest BCUT2D eigenvalue weighted by Gasteiger charge is 2.03. The lowest BCUT2D eigenvalue weighted by Crippen LogP contribution is -2.02. The Morgan fingerprint density at radius 2 is 1.73 bits per heavy atom. The Bertz CT molecular complexity index is 448. The third-order valence-electron chi connectivity index (χ3n) is 1.79. The van der Waals surface area contributed by atoms with Crippen molar-refractivity contribution in [3.63, 3.8) is 0 Å². The van der Waals surface area contributed by atoms with Crippen LogP contribution in [0.2, 0.25) is 5.15 Å². The second-order valence-electron chi connectivity index (χ2n) is 2.65. The summed E-state index contributed by atoms with van der Waals surface area (Å²) in [5.74, 6) is 1.81. The molecule has 0 unspecified atom stereocenters. The quantitative estimate of drug-likeness (QED) is 0.821. The molecule has 0 spiro atoms. The lowest BCUT2D eigenvalue weighted by Gasteiger charge is -2.01. The molecule has 0 saturated heterocycles. The number of nitrogens with two attached hydrogens (primary N) is 1. The van der Waals surface area contributed by atoms with E-state index in [1.54, 1.807) is 0 Å². The van der Waals surface area contributed by atoms with Gasteiger partial charge in [-0.25, -0.2) is 9.97 Å². The highest BCUT2D eigenvalue weighted by atomic mass is 79.9. The van der Waals surface area contributed by atoms with Crippen LogP contribution in [0.5, 0.6) is 0 Å². The number of aromatic nitrogens is 2. The van der Waals surface area contributed by atoms with Crippen LogP contribution in [-0.2, 0) is 6.54 Å². The highest BCUT2D eigenvalue weighted by molar-refractivity contribution is 9.08. The first-order valence-corrected chi connectivity index (χ1v) is 6.26. The molecular formula is C10H11BrClN3. The second-order valence-corrected chi connectivity index (χ2v) is 3.01. The van der Waals surface area contributed by atoms with E-state index >= 15 is 0 Å². The van der Waals surface area contributed by atoms with Crippen LogP contribution in [0, 0.1) is 0 Å². The van der Waals surface area contributed by atoms with Gasteiger partial charge in [0.15, 0.2) is 5.15 Å². The van der Waals surface area contributed by atoms with Crippen molar-refractivity contribution in [1.29, 1.82) is 0 Å². The maximum atomic E-state index is 5.85. The van der Waals surface area contributed by atoms with E-state index in [2.05, 4.69) is 25.9 Å². The van der Waals surface area contributed by atoms with Crippen LogP contribution in [0.1, 0.15) is 5.69 Å². The van der Waals surface area contributed by atoms with E-state index in [0.29, 0.717) is 17.4 Å². The molecule has 2 aromatic rings. The van der Waals surface area contributed by atoms with Gasteiger partial charge < -0.3 is 5.73 Å². The largest absolute Gasteiger partial charge is 0.325 e. The van der Waals surface area contributed by atoms with Gasteiger partial charge in [0.05, 0.1) is 16.7 Å². The molecule has 0 atom stereocenters. The maximum absolute atomic E-state index is 5.85. The number of alkyl halides is 1. The van der Waals surface area contributed by atoms with Crippen molar-refractivity contribution in [2.75, 3.05) is 5.83 Å². The third-order valence-corrected chi connectivity index (χ3v) is 2.09. The number of hydrogen-bond acceptors (Lipinski definition) is 3. The first-order valence-electron chi connectivity index (χ1n) is 4.30. The molecule has 1 aromatic heterocycles. The molecule has 5 heteroatoms. The number of benzene rings is 1. The van der Waals surface area contributed by atoms with Crippen molar-refractivity contribution in [3.05, 3.63) is 35.1 Å². The van der Waals surface area contributed by atoms with Gasteiger partial charge in [-0.05, 0) is 18.0 Å². The predicted octanol–water partition coefficient (Wildman–Crippen LogP) is 2.75. The molecule has 80 valence electrons. The minimum atomic E-state index is 0.316. The minimum absolute atomic E-state index is 0.316. The van der Waals surface area contributed by atoms with E-state index in [1.807, 2.05) is 30.1 Å². The van der Waals surface area contributed by atoms with Crippen LogP contribution < -0.4 is 5.73 Å². The van der Waals surface area contributed by atoms with Gasteiger partial charge in [0.2, 0.25) is 0 Å². The van der Waals surface area contributed by atoms with Gasteiger partial charge in [0.25, 0.3) is 0 Å². The molecule has 1 heterocycles. The van der Waals surface area contributed by atoms with Crippen molar-refractivity contribution in [2.45, 2.75) is 6.54 Å². The summed E-state index contributed by atoms with van der Waals surface area (Å²) in [6.45, 7) is 0.316. The van der Waals surface area contributed by atoms with Crippen molar-refractivity contribution in [1.82, 2.24) is 9.97 Å². The Labute approximate surface area is 102 Å². The molecule has 0 aliphatic rings. The van der Waals surface area contributed by atoms with E-state index in [4.69, 9.17) is 17.3 Å². The average Bonchev–Trinajstić information content (AvgIpc) is 2.31. The van der Waals surface area contributed by atoms with Gasteiger partial charge in [0, 0.05) is 6.54 Å². The van der Waals surface area contributed by atoms with E-state index in [9.17, 15) is 0 Å². The summed E-state index contributed by atoms with van der Waals surface area (Å²) in [6, 6.07) is 7.56. The number of para-hydroxylation sites is 2. The molecule has 15 heavy (non-hydrogen) atoms. The van der Waals surface area contributed by atoms with Crippen molar-refractivity contribution >= 4 is 38.6 Å². The lowest BCUT2D eigenvalue weighted by atomic mass is 10.3. The fraction of sp³-hybridized carbons (Fsp3) is 0.200. The van der Waals surface area contributed by atoms with Gasteiger partial charge in [-0.3, -0.25) is 0 Å². The highest BCUT2D eigenvalue weighted by Crippen LogP contribution is 2.15. The summed E-state index contributed by atoms with van der Waals surface area (Å²) in [7, 11) is 0. The zero-order chi connectivity index (χ0) is 11.3. The number of hydrogen-bond donors (Lipinski definition) is 1. The molecule has 0 fully saturated rings. The molecule has 0 aliphatic heterocycles. The number of fused-ring (bicyclic) bond motifs is 1. The van der Waals surface area contributed by atoms with Crippen molar-refractivity contribution < 1.29 is 0 Å². The van der Waals surface area contributed by atoms with Crippen LogP contribution >= 0.6 is 27.5 Å². The molecule has 2 rings (SSSR count). The van der Waals surface area contributed by atoms with Crippen LogP contribution in [0.3, 0.4) is 0 Å². The number of rotatable bonds is 1. The smallest absolute Gasteiger partial charge is 0.152 e. The molecular weight excluding hydrogens is 277 g/mol. The molecule has 0 radical (unpaired) electrons. The Balaban J connectivity index is 0.000000531. The SMILES string of the molecule is CBr.NCc1nc2ccccc2nc1Cl. The molecule has 0 amide bonds. The average molecular weight is 289 g/mol. The molecule has 3 nitrogen and oxygen atoms in total. The molecule has 0 bridgehead atoms. The van der Waals surface area contributed by atoms with Gasteiger partial charge in [0.1, 0.15) is 0 Å². The number of nitrogens with zero attached hydrogens (tertiary/aromatic N) is 2. The van der Waals surface area contributed by atoms with Crippen molar-refractivity contribution in [2.24, 2.45) is 5.73 Å². The van der Waals surface area contributed by atoms with E-state index < -0.39 is 0 Å². The van der Waals surface area contributed by atoms with Crippen LogP contribution in [-0.4, -0.2) is 15.8 Å². The monoisotopic (exact) mass is 287 g/mol. The topological polar surface area (TPSA) is 51.8 Å². The normalized spacial score (nSPS) is 9.60. The Kier molecular flexibility index (Phi) is 4.94. The fourth-order valence-corrected chi connectivity index (χ4v) is 1.36. The van der Waals surface area contributed by atoms with Crippen LogP contribution in [0.15, 0.2) is 24.3 Å². The zero-order valence-electron chi connectivity index (χ0n) is 8.24. The standard InChI is InChI=1S/C9H8ClN3.CH3Br/c10-9-8(5-11)12-6-3-1-2-4-7(6)13-9;1-2/h1-4H,5,11H2;1H3. The van der Waals surface area contributed by atoms with Gasteiger partial charge in [-0.2, -0.15) is 0 Å².